The zero-order valence-electron chi connectivity index (χ0n) is 12.7. The minimum absolute atomic E-state index is 0.0197. The second-order valence-corrected chi connectivity index (χ2v) is 6.01. The fourth-order valence-corrected chi connectivity index (χ4v) is 1.49. The van der Waals surface area contributed by atoms with Gasteiger partial charge in [0.15, 0.2) is 0 Å². The minimum atomic E-state index is -0.366. The predicted molar refractivity (Wildman–Crippen MR) is 80.4 cm³/mol. The Morgan fingerprint density at radius 3 is 2.11 bits per heavy atom. The Bertz CT molecular complexity index is 425. The van der Waals surface area contributed by atoms with Gasteiger partial charge in [-0.3, -0.25) is 0 Å². The van der Waals surface area contributed by atoms with Crippen LogP contribution in [0.5, 0.6) is 0 Å². The lowest BCUT2D eigenvalue weighted by Gasteiger charge is -2.29. The van der Waals surface area contributed by atoms with E-state index in [9.17, 15) is 4.39 Å². The Kier molecular flexibility index (Phi) is 6.03. The molecule has 0 fully saturated rings. The quantitative estimate of drug-likeness (QED) is 0.456. The summed E-state index contributed by atoms with van der Waals surface area (Å²) in [6.45, 7) is 17.4. The van der Waals surface area contributed by atoms with Crippen molar-refractivity contribution in [3.8, 4) is 0 Å². The van der Waals surface area contributed by atoms with Crippen molar-refractivity contribution in [1.82, 2.24) is 5.01 Å². The van der Waals surface area contributed by atoms with Gasteiger partial charge in [0.05, 0.1) is 11.4 Å². The molecule has 0 saturated carbocycles. The molecule has 108 valence electrons. The topological polar surface area (TPSA) is 55.3 Å². The standard InChI is InChI=1S/C15H26FN3/c1-10(2)14(16)11(3)8-13(17)12(4)19(18)9-15(5,6)7/h8H,1,4,9,17-18H2,2-3,5-7H3/b13-8+,14-11+. The Hall–Kier alpha value is -1.55. The van der Waals surface area contributed by atoms with Gasteiger partial charge in [-0.25, -0.2) is 10.2 Å². The summed E-state index contributed by atoms with van der Waals surface area (Å²) in [7, 11) is 0. The normalized spacial score (nSPS) is 13.9. The molecule has 0 atom stereocenters. The molecule has 0 aromatic heterocycles. The van der Waals surface area contributed by atoms with E-state index in [0.717, 1.165) is 0 Å². The van der Waals surface area contributed by atoms with E-state index in [4.69, 9.17) is 11.6 Å². The first-order chi connectivity index (χ1) is 8.45. The molecule has 0 aromatic carbocycles. The second-order valence-electron chi connectivity index (χ2n) is 6.01. The Morgan fingerprint density at radius 2 is 1.74 bits per heavy atom. The molecule has 0 unspecified atom stereocenters. The molecule has 0 heterocycles. The van der Waals surface area contributed by atoms with Gasteiger partial charge in [-0.05, 0) is 36.5 Å². The van der Waals surface area contributed by atoms with Crippen LogP contribution in [0.1, 0.15) is 34.6 Å². The van der Waals surface area contributed by atoms with E-state index in [1.807, 2.05) is 0 Å². The molecule has 0 aromatic rings. The van der Waals surface area contributed by atoms with E-state index >= 15 is 0 Å². The van der Waals surface area contributed by atoms with E-state index in [2.05, 4.69) is 33.9 Å². The van der Waals surface area contributed by atoms with Gasteiger partial charge in [0, 0.05) is 6.54 Å². The lowest BCUT2D eigenvalue weighted by molar-refractivity contribution is 0.242. The highest BCUT2D eigenvalue weighted by Gasteiger charge is 2.16. The Balaban J connectivity index is 5.02. The number of hydrogen-bond acceptors (Lipinski definition) is 3. The maximum Gasteiger partial charge on any atom is 0.128 e. The number of allylic oxidation sites excluding steroid dienone is 4. The van der Waals surface area contributed by atoms with Crippen LogP contribution in [0.3, 0.4) is 0 Å². The monoisotopic (exact) mass is 267 g/mol. The first-order valence-electron chi connectivity index (χ1n) is 6.16. The van der Waals surface area contributed by atoms with Gasteiger partial charge in [-0.2, -0.15) is 0 Å². The number of hydrazine groups is 1. The number of nitrogens with two attached hydrogens (primary N) is 2. The summed E-state index contributed by atoms with van der Waals surface area (Å²) in [6.07, 6.45) is 1.52. The van der Waals surface area contributed by atoms with Gasteiger partial charge in [0.1, 0.15) is 5.83 Å². The van der Waals surface area contributed by atoms with Gasteiger partial charge in [-0.1, -0.05) is 33.9 Å². The molecule has 19 heavy (non-hydrogen) atoms. The summed E-state index contributed by atoms with van der Waals surface area (Å²) in [5, 5.41) is 1.48. The molecule has 4 heteroatoms. The third kappa shape index (κ3) is 6.25. The number of halogens is 1. The predicted octanol–water partition coefficient (Wildman–Crippen LogP) is 3.38. The molecule has 0 spiro atoms. The number of rotatable bonds is 5. The van der Waals surface area contributed by atoms with E-state index in [0.29, 0.717) is 29.1 Å². The summed E-state index contributed by atoms with van der Waals surface area (Å²) < 4.78 is 13.6. The molecule has 0 amide bonds. The SMILES string of the molecule is C=C(C)/C(F)=C(C)\C=C(\N)C(=C)N(N)CC(C)(C)C. The molecular formula is C15H26FN3. The van der Waals surface area contributed by atoms with Gasteiger partial charge in [-0.15, -0.1) is 0 Å². The van der Waals surface area contributed by atoms with Gasteiger partial charge < -0.3 is 10.7 Å². The molecule has 0 aliphatic rings. The first kappa shape index (κ1) is 17.4. The fourth-order valence-electron chi connectivity index (χ4n) is 1.49. The molecule has 0 aliphatic carbocycles. The van der Waals surface area contributed by atoms with Gasteiger partial charge in [0.25, 0.3) is 0 Å². The highest BCUT2D eigenvalue weighted by atomic mass is 19.1. The average Bonchev–Trinajstić information content (AvgIpc) is 2.23. The van der Waals surface area contributed by atoms with Crippen LogP contribution in [0.25, 0.3) is 0 Å². The second kappa shape index (κ2) is 6.57. The van der Waals surface area contributed by atoms with E-state index in [1.165, 1.54) is 11.1 Å². The molecular weight excluding hydrogens is 241 g/mol. The summed E-state index contributed by atoms with van der Waals surface area (Å²) in [5.74, 6) is 5.54. The van der Waals surface area contributed by atoms with Gasteiger partial charge in [0.2, 0.25) is 0 Å². The third-order valence-electron chi connectivity index (χ3n) is 2.42. The van der Waals surface area contributed by atoms with Crippen molar-refractivity contribution in [1.29, 1.82) is 0 Å². The van der Waals surface area contributed by atoms with Crippen LogP contribution in [0.2, 0.25) is 0 Å². The molecule has 0 bridgehead atoms. The summed E-state index contributed by atoms with van der Waals surface area (Å²) in [4.78, 5) is 0. The van der Waals surface area contributed by atoms with Gasteiger partial charge >= 0.3 is 0 Å². The van der Waals surface area contributed by atoms with Crippen molar-refractivity contribution in [2.24, 2.45) is 17.0 Å². The van der Waals surface area contributed by atoms with Crippen LogP contribution in [0, 0.1) is 5.41 Å². The van der Waals surface area contributed by atoms with E-state index < -0.39 is 0 Å². The first-order valence-corrected chi connectivity index (χ1v) is 6.16. The highest BCUT2D eigenvalue weighted by molar-refractivity contribution is 5.37. The highest BCUT2D eigenvalue weighted by Crippen LogP contribution is 2.20. The van der Waals surface area contributed by atoms with Crippen LogP contribution in [-0.4, -0.2) is 11.6 Å². The number of hydrogen-bond donors (Lipinski definition) is 2. The molecule has 3 nitrogen and oxygen atoms in total. The third-order valence-corrected chi connectivity index (χ3v) is 2.42. The summed E-state index contributed by atoms with van der Waals surface area (Å²) in [6, 6.07) is 0. The average molecular weight is 267 g/mol. The lowest BCUT2D eigenvalue weighted by Crippen LogP contribution is -2.38. The molecule has 0 rings (SSSR count). The van der Waals surface area contributed by atoms with E-state index in [1.54, 1.807) is 13.8 Å². The maximum atomic E-state index is 13.6. The molecule has 4 N–H and O–H groups in total. The van der Waals surface area contributed by atoms with Crippen molar-refractivity contribution in [2.75, 3.05) is 6.54 Å². The summed E-state index contributed by atoms with van der Waals surface area (Å²) in [5.41, 5.74) is 7.51. The summed E-state index contributed by atoms with van der Waals surface area (Å²) >= 11 is 0. The zero-order valence-corrected chi connectivity index (χ0v) is 12.7. The molecule has 0 aliphatic heterocycles. The molecule has 0 radical (unpaired) electrons. The maximum absolute atomic E-state index is 13.6. The fraction of sp³-hybridized carbons (Fsp3) is 0.467. The van der Waals surface area contributed by atoms with Crippen LogP contribution in [0.4, 0.5) is 4.39 Å². The van der Waals surface area contributed by atoms with Crippen LogP contribution in [0.15, 0.2) is 47.6 Å². The van der Waals surface area contributed by atoms with Crippen molar-refractivity contribution in [3.63, 3.8) is 0 Å². The van der Waals surface area contributed by atoms with Crippen molar-refractivity contribution < 1.29 is 4.39 Å². The molecule has 0 saturated heterocycles. The van der Waals surface area contributed by atoms with Crippen molar-refractivity contribution in [2.45, 2.75) is 34.6 Å². The van der Waals surface area contributed by atoms with E-state index in [-0.39, 0.29) is 11.2 Å². The number of nitrogens with zero attached hydrogens (tertiary/aromatic N) is 1. The van der Waals surface area contributed by atoms with Crippen LogP contribution >= 0.6 is 0 Å². The Morgan fingerprint density at radius 1 is 1.26 bits per heavy atom. The Labute approximate surface area is 116 Å². The lowest BCUT2D eigenvalue weighted by atomic mass is 9.96. The zero-order chi connectivity index (χ0) is 15.4. The smallest absolute Gasteiger partial charge is 0.128 e. The largest absolute Gasteiger partial charge is 0.397 e. The van der Waals surface area contributed by atoms with Crippen LogP contribution < -0.4 is 11.6 Å². The van der Waals surface area contributed by atoms with Crippen molar-refractivity contribution in [3.05, 3.63) is 47.6 Å². The minimum Gasteiger partial charge on any atom is -0.397 e. The van der Waals surface area contributed by atoms with Crippen LogP contribution in [-0.2, 0) is 0 Å². The van der Waals surface area contributed by atoms with Crippen molar-refractivity contribution >= 4 is 0 Å².